The second kappa shape index (κ2) is 8.78. The second-order valence-electron chi connectivity index (χ2n) is 7.97. The van der Waals surface area contributed by atoms with E-state index in [2.05, 4.69) is 14.8 Å². The van der Waals surface area contributed by atoms with E-state index < -0.39 is 11.7 Å². The van der Waals surface area contributed by atoms with E-state index in [1.54, 1.807) is 19.9 Å². The zero-order valence-electron chi connectivity index (χ0n) is 17.9. The number of carbonyl (C=O) groups is 1. The molecule has 0 N–H and O–H groups in total. The van der Waals surface area contributed by atoms with E-state index in [4.69, 9.17) is 4.42 Å². The van der Waals surface area contributed by atoms with E-state index in [0.29, 0.717) is 23.4 Å². The Hall–Kier alpha value is -3.13. The SMILES string of the molecule is CC(=O)c1ccc(N2CCN(Cc3nc(-c4cccc(C(F)(F)F)c4)oc3C)CC2)cc1. The van der Waals surface area contributed by atoms with Crippen molar-refractivity contribution < 1.29 is 22.4 Å². The summed E-state index contributed by atoms with van der Waals surface area (Å²) in [5.41, 5.74) is 2.11. The maximum absolute atomic E-state index is 13.0. The summed E-state index contributed by atoms with van der Waals surface area (Å²) in [6, 6.07) is 12.7. The number of nitrogens with zero attached hydrogens (tertiary/aromatic N) is 3. The van der Waals surface area contributed by atoms with Crippen molar-refractivity contribution >= 4 is 11.5 Å². The molecule has 0 unspecified atom stereocenters. The van der Waals surface area contributed by atoms with Crippen molar-refractivity contribution in [1.82, 2.24) is 9.88 Å². The average Bonchev–Trinajstić information content (AvgIpc) is 3.14. The molecule has 0 saturated carbocycles. The number of carbonyl (C=O) groups excluding carboxylic acids is 1. The molecule has 1 aromatic heterocycles. The number of halogens is 3. The van der Waals surface area contributed by atoms with Gasteiger partial charge in [0, 0.05) is 49.5 Å². The van der Waals surface area contributed by atoms with Crippen LogP contribution in [-0.4, -0.2) is 41.8 Å². The van der Waals surface area contributed by atoms with Gasteiger partial charge in [-0.15, -0.1) is 0 Å². The van der Waals surface area contributed by atoms with Gasteiger partial charge in [-0.1, -0.05) is 6.07 Å². The first-order valence-electron chi connectivity index (χ1n) is 10.4. The van der Waals surface area contributed by atoms with Crippen molar-refractivity contribution in [2.24, 2.45) is 0 Å². The Morgan fingerprint density at radius 2 is 1.75 bits per heavy atom. The number of rotatable bonds is 5. The molecule has 8 heteroatoms. The number of hydrogen-bond donors (Lipinski definition) is 0. The molecule has 0 bridgehead atoms. The van der Waals surface area contributed by atoms with Crippen LogP contribution >= 0.6 is 0 Å². The largest absolute Gasteiger partial charge is 0.441 e. The maximum atomic E-state index is 13.0. The van der Waals surface area contributed by atoms with Gasteiger partial charge in [-0.25, -0.2) is 4.98 Å². The third kappa shape index (κ3) is 4.85. The summed E-state index contributed by atoms with van der Waals surface area (Å²) in [4.78, 5) is 20.4. The molecular weight excluding hydrogens is 419 g/mol. The quantitative estimate of drug-likeness (QED) is 0.508. The predicted octanol–water partition coefficient (Wildman–Crippen LogP) is 5.19. The van der Waals surface area contributed by atoms with Crippen LogP contribution in [0.2, 0.25) is 0 Å². The number of benzene rings is 2. The molecule has 1 fully saturated rings. The summed E-state index contributed by atoms with van der Waals surface area (Å²) in [7, 11) is 0. The molecule has 1 aliphatic heterocycles. The molecule has 2 aromatic carbocycles. The minimum atomic E-state index is -4.41. The van der Waals surface area contributed by atoms with Crippen LogP contribution in [-0.2, 0) is 12.7 Å². The smallest absolute Gasteiger partial charge is 0.416 e. The van der Waals surface area contributed by atoms with Gasteiger partial charge >= 0.3 is 6.18 Å². The lowest BCUT2D eigenvalue weighted by atomic mass is 10.1. The monoisotopic (exact) mass is 443 g/mol. The van der Waals surface area contributed by atoms with E-state index >= 15 is 0 Å². The zero-order valence-corrected chi connectivity index (χ0v) is 17.9. The van der Waals surface area contributed by atoms with Gasteiger partial charge in [0.1, 0.15) is 5.76 Å². The fraction of sp³-hybridized carbons (Fsp3) is 0.333. The fourth-order valence-corrected chi connectivity index (χ4v) is 3.81. The lowest BCUT2D eigenvalue weighted by Gasteiger charge is -2.35. The number of piperazine rings is 1. The first-order valence-corrected chi connectivity index (χ1v) is 10.4. The number of aromatic nitrogens is 1. The molecule has 0 radical (unpaired) electrons. The summed E-state index contributed by atoms with van der Waals surface area (Å²) in [6.45, 7) is 7.21. The van der Waals surface area contributed by atoms with Crippen molar-refractivity contribution in [2.75, 3.05) is 31.1 Å². The first-order chi connectivity index (χ1) is 15.2. The number of alkyl halides is 3. The molecule has 1 aliphatic rings. The Morgan fingerprint density at radius 1 is 1.06 bits per heavy atom. The predicted molar refractivity (Wildman–Crippen MR) is 116 cm³/mol. The summed E-state index contributed by atoms with van der Waals surface area (Å²) in [6.07, 6.45) is -4.41. The molecule has 3 aromatic rings. The Labute approximate surface area is 184 Å². The normalized spacial score (nSPS) is 15.2. The van der Waals surface area contributed by atoms with E-state index in [0.717, 1.165) is 49.7 Å². The minimum Gasteiger partial charge on any atom is -0.441 e. The second-order valence-corrected chi connectivity index (χ2v) is 7.97. The molecule has 168 valence electrons. The van der Waals surface area contributed by atoms with Crippen LogP contribution in [0.1, 0.15) is 34.3 Å². The van der Waals surface area contributed by atoms with Gasteiger partial charge in [0.15, 0.2) is 5.78 Å². The molecule has 1 saturated heterocycles. The van der Waals surface area contributed by atoms with Gasteiger partial charge in [-0.05, 0) is 56.3 Å². The Balaban J connectivity index is 1.40. The number of hydrogen-bond acceptors (Lipinski definition) is 5. The molecular formula is C24H24F3N3O2. The first kappa shape index (κ1) is 22.1. The highest BCUT2D eigenvalue weighted by Crippen LogP contribution is 2.32. The fourth-order valence-electron chi connectivity index (χ4n) is 3.81. The highest BCUT2D eigenvalue weighted by atomic mass is 19.4. The van der Waals surface area contributed by atoms with Crippen molar-refractivity contribution in [2.45, 2.75) is 26.6 Å². The number of oxazole rings is 1. The molecule has 32 heavy (non-hydrogen) atoms. The van der Waals surface area contributed by atoms with Crippen LogP contribution in [0.5, 0.6) is 0 Å². The van der Waals surface area contributed by atoms with Crippen LogP contribution < -0.4 is 4.90 Å². The topological polar surface area (TPSA) is 49.6 Å². The Kier molecular flexibility index (Phi) is 6.06. The van der Waals surface area contributed by atoms with Crippen molar-refractivity contribution in [1.29, 1.82) is 0 Å². The van der Waals surface area contributed by atoms with Gasteiger partial charge in [-0.3, -0.25) is 9.69 Å². The molecule has 4 rings (SSSR count). The van der Waals surface area contributed by atoms with Gasteiger partial charge in [-0.2, -0.15) is 13.2 Å². The van der Waals surface area contributed by atoms with Gasteiger partial charge in [0.05, 0.1) is 11.3 Å². The maximum Gasteiger partial charge on any atom is 0.416 e. The van der Waals surface area contributed by atoms with Crippen LogP contribution in [0.4, 0.5) is 18.9 Å². The summed E-state index contributed by atoms with van der Waals surface area (Å²) in [5, 5.41) is 0. The molecule has 0 spiro atoms. The molecule has 5 nitrogen and oxygen atoms in total. The minimum absolute atomic E-state index is 0.0499. The summed E-state index contributed by atoms with van der Waals surface area (Å²) in [5.74, 6) is 0.862. The van der Waals surface area contributed by atoms with Crippen LogP contribution in [0, 0.1) is 6.92 Å². The van der Waals surface area contributed by atoms with Crippen molar-refractivity contribution in [3.8, 4) is 11.5 Å². The van der Waals surface area contributed by atoms with Crippen molar-refractivity contribution in [3.05, 3.63) is 71.1 Å². The van der Waals surface area contributed by atoms with Gasteiger partial charge < -0.3 is 9.32 Å². The van der Waals surface area contributed by atoms with E-state index in [1.807, 2.05) is 24.3 Å². The molecule has 2 heterocycles. The third-order valence-corrected chi connectivity index (χ3v) is 5.71. The number of anilines is 1. The van der Waals surface area contributed by atoms with Crippen LogP contribution in [0.15, 0.2) is 52.9 Å². The third-order valence-electron chi connectivity index (χ3n) is 5.71. The highest BCUT2D eigenvalue weighted by Gasteiger charge is 2.31. The summed E-state index contributed by atoms with van der Waals surface area (Å²) >= 11 is 0. The van der Waals surface area contributed by atoms with E-state index in [1.165, 1.54) is 6.07 Å². The van der Waals surface area contributed by atoms with E-state index in [9.17, 15) is 18.0 Å². The molecule has 0 atom stereocenters. The number of aryl methyl sites for hydroxylation is 1. The Morgan fingerprint density at radius 3 is 2.38 bits per heavy atom. The van der Waals surface area contributed by atoms with E-state index in [-0.39, 0.29) is 11.7 Å². The number of Topliss-reactive ketones (excluding diaryl/α,β-unsaturated/α-hetero) is 1. The van der Waals surface area contributed by atoms with Crippen LogP contribution in [0.25, 0.3) is 11.5 Å². The van der Waals surface area contributed by atoms with Gasteiger partial charge in [0.2, 0.25) is 5.89 Å². The lowest BCUT2D eigenvalue weighted by Crippen LogP contribution is -2.46. The number of ketones is 1. The molecule has 0 aliphatic carbocycles. The average molecular weight is 443 g/mol. The molecule has 0 amide bonds. The summed E-state index contributed by atoms with van der Waals surface area (Å²) < 4.78 is 44.7. The lowest BCUT2D eigenvalue weighted by molar-refractivity contribution is -0.137. The van der Waals surface area contributed by atoms with Crippen LogP contribution in [0.3, 0.4) is 0 Å². The zero-order chi connectivity index (χ0) is 22.9. The van der Waals surface area contributed by atoms with Gasteiger partial charge in [0.25, 0.3) is 0 Å². The van der Waals surface area contributed by atoms with Crippen molar-refractivity contribution in [3.63, 3.8) is 0 Å². The Bertz CT molecular complexity index is 1100. The standard InChI is InChI=1S/C24H24F3N3O2/c1-16(31)18-6-8-21(9-7-18)30-12-10-29(11-13-30)15-22-17(2)32-23(28-22)19-4-3-5-20(14-19)24(25,26)27/h3-9,14H,10-13,15H2,1-2H3. The highest BCUT2D eigenvalue weighted by molar-refractivity contribution is 5.94.